The van der Waals surface area contributed by atoms with Crippen molar-refractivity contribution in [3.63, 3.8) is 0 Å². The van der Waals surface area contributed by atoms with Crippen LogP contribution in [0.5, 0.6) is 0 Å². The Morgan fingerprint density at radius 2 is 1.18 bits per heavy atom. The standard InChI is InChI=1S/C10H15P/c11-10-4-7-1-8(5-10)3-9(2-7)6-10/h7-9H,1-6H2. The summed E-state index contributed by atoms with van der Waals surface area (Å²) in [5.41, 5.74) is 0. The molecule has 0 heterocycles. The third-order valence-corrected chi connectivity index (χ3v) is 4.55. The van der Waals surface area contributed by atoms with Gasteiger partial charge < -0.3 is 0 Å². The maximum absolute atomic E-state index is 4.85. The van der Waals surface area contributed by atoms with E-state index in [1.165, 1.54) is 19.3 Å². The molecule has 0 nitrogen and oxygen atoms in total. The summed E-state index contributed by atoms with van der Waals surface area (Å²) in [5, 5.41) is 0.495. The van der Waals surface area contributed by atoms with Crippen LogP contribution >= 0.6 is 9.24 Å². The molecule has 4 aliphatic rings. The van der Waals surface area contributed by atoms with E-state index in [0.29, 0.717) is 5.16 Å². The van der Waals surface area contributed by atoms with Crippen molar-refractivity contribution in [2.24, 2.45) is 17.8 Å². The third-order valence-electron chi connectivity index (χ3n) is 4.01. The van der Waals surface area contributed by atoms with E-state index in [-0.39, 0.29) is 0 Å². The van der Waals surface area contributed by atoms with E-state index in [1.54, 1.807) is 19.3 Å². The first kappa shape index (κ1) is 6.89. The lowest BCUT2D eigenvalue weighted by Crippen LogP contribution is -2.46. The fourth-order valence-corrected chi connectivity index (χ4v) is 4.84. The molecule has 1 heteroatoms. The molecule has 0 unspecified atom stereocenters. The Hall–Kier alpha value is 0.430. The van der Waals surface area contributed by atoms with Gasteiger partial charge in [0, 0.05) is 0 Å². The van der Waals surface area contributed by atoms with Crippen molar-refractivity contribution in [1.82, 2.24) is 0 Å². The molecular formula is C10H15P. The molecule has 0 amide bonds. The Morgan fingerprint density at radius 3 is 1.45 bits per heavy atom. The molecule has 0 aromatic heterocycles. The van der Waals surface area contributed by atoms with Gasteiger partial charge in [0.05, 0.1) is 0 Å². The summed E-state index contributed by atoms with van der Waals surface area (Å²) in [4.78, 5) is 0. The van der Waals surface area contributed by atoms with Gasteiger partial charge in [0.1, 0.15) is 0 Å². The average Bonchev–Trinajstić information content (AvgIpc) is 1.79. The first-order valence-electron chi connectivity index (χ1n) is 4.96. The molecule has 0 aliphatic heterocycles. The fourth-order valence-electron chi connectivity index (χ4n) is 4.06. The second-order valence-electron chi connectivity index (χ2n) is 5.14. The molecule has 4 aliphatic carbocycles. The lowest BCUT2D eigenvalue weighted by Gasteiger charge is -2.54. The van der Waals surface area contributed by atoms with Gasteiger partial charge in [0.15, 0.2) is 0 Å². The van der Waals surface area contributed by atoms with Crippen molar-refractivity contribution in [3.8, 4) is 0 Å². The quantitative estimate of drug-likeness (QED) is 0.484. The topological polar surface area (TPSA) is 0 Å². The van der Waals surface area contributed by atoms with Crippen LogP contribution in [0.4, 0.5) is 0 Å². The fraction of sp³-hybridized carbons (Fsp3) is 1.00. The molecule has 0 saturated heterocycles. The SMILES string of the molecule is [P]C12CC3CC(CC(C3)C1)C2. The summed E-state index contributed by atoms with van der Waals surface area (Å²) in [6.07, 6.45) is 8.92. The highest BCUT2D eigenvalue weighted by atomic mass is 31.0. The summed E-state index contributed by atoms with van der Waals surface area (Å²) in [6, 6.07) is 0. The molecule has 0 N–H and O–H groups in total. The zero-order valence-corrected chi connectivity index (χ0v) is 7.82. The van der Waals surface area contributed by atoms with Crippen molar-refractivity contribution < 1.29 is 0 Å². The van der Waals surface area contributed by atoms with Crippen LogP contribution in [0.25, 0.3) is 0 Å². The maximum atomic E-state index is 4.85. The van der Waals surface area contributed by atoms with E-state index >= 15 is 0 Å². The lowest BCUT2D eigenvalue weighted by atomic mass is 9.56. The molecule has 4 bridgehead atoms. The van der Waals surface area contributed by atoms with Crippen molar-refractivity contribution in [1.29, 1.82) is 0 Å². The van der Waals surface area contributed by atoms with Gasteiger partial charge in [-0.25, -0.2) is 0 Å². The third kappa shape index (κ3) is 0.985. The van der Waals surface area contributed by atoms with Crippen molar-refractivity contribution in [3.05, 3.63) is 0 Å². The lowest BCUT2D eigenvalue weighted by molar-refractivity contribution is 0.0379. The number of hydrogen-bond acceptors (Lipinski definition) is 0. The van der Waals surface area contributed by atoms with Gasteiger partial charge in [0.2, 0.25) is 0 Å². The van der Waals surface area contributed by atoms with Crippen molar-refractivity contribution in [2.45, 2.75) is 43.7 Å². The minimum Gasteiger partial charge on any atom is -0.0475 e. The summed E-state index contributed by atoms with van der Waals surface area (Å²) in [7, 11) is 4.85. The summed E-state index contributed by atoms with van der Waals surface area (Å²) >= 11 is 0. The van der Waals surface area contributed by atoms with Gasteiger partial charge >= 0.3 is 0 Å². The average molecular weight is 166 g/mol. The van der Waals surface area contributed by atoms with Gasteiger partial charge in [0.25, 0.3) is 0 Å². The van der Waals surface area contributed by atoms with Crippen LogP contribution in [0.3, 0.4) is 0 Å². The maximum Gasteiger partial charge on any atom is -0.000274 e. The summed E-state index contributed by atoms with van der Waals surface area (Å²) < 4.78 is 0. The van der Waals surface area contributed by atoms with Crippen LogP contribution in [0.1, 0.15) is 38.5 Å². The predicted octanol–water partition coefficient (Wildman–Crippen LogP) is 3.37. The van der Waals surface area contributed by atoms with Gasteiger partial charge in [-0.05, 0) is 70.7 Å². The van der Waals surface area contributed by atoms with Gasteiger partial charge in [-0.3, -0.25) is 0 Å². The van der Waals surface area contributed by atoms with Crippen molar-refractivity contribution in [2.75, 3.05) is 0 Å². The second-order valence-corrected chi connectivity index (χ2v) is 6.09. The van der Waals surface area contributed by atoms with Crippen LogP contribution in [0.15, 0.2) is 0 Å². The molecule has 4 rings (SSSR count). The first-order chi connectivity index (χ1) is 5.23. The molecule has 2 radical (unpaired) electrons. The molecule has 0 atom stereocenters. The molecule has 11 heavy (non-hydrogen) atoms. The predicted molar refractivity (Wildman–Crippen MR) is 47.8 cm³/mol. The van der Waals surface area contributed by atoms with Crippen LogP contribution in [0, 0.1) is 17.8 Å². The highest BCUT2D eigenvalue weighted by molar-refractivity contribution is 7.19. The molecule has 4 fully saturated rings. The van der Waals surface area contributed by atoms with E-state index in [0.717, 1.165) is 17.8 Å². The molecule has 60 valence electrons. The Labute approximate surface area is 71.3 Å². The highest BCUT2D eigenvalue weighted by Gasteiger charge is 2.48. The van der Waals surface area contributed by atoms with E-state index < -0.39 is 0 Å². The van der Waals surface area contributed by atoms with E-state index in [9.17, 15) is 0 Å². The molecule has 4 saturated carbocycles. The Bertz CT molecular complexity index is 150. The molecule has 0 aromatic carbocycles. The van der Waals surface area contributed by atoms with E-state index in [4.69, 9.17) is 9.24 Å². The molecule has 0 spiro atoms. The second kappa shape index (κ2) is 2.02. The smallest absolute Gasteiger partial charge is 0.000274 e. The molecule has 0 aromatic rings. The minimum absolute atomic E-state index is 0.495. The Kier molecular flexibility index (Phi) is 1.27. The van der Waals surface area contributed by atoms with E-state index in [2.05, 4.69) is 0 Å². The Morgan fingerprint density at radius 1 is 0.818 bits per heavy atom. The number of hydrogen-bond donors (Lipinski definition) is 0. The van der Waals surface area contributed by atoms with Gasteiger partial charge in [-0.15, -0.1) is 0 Å². The zero-order valence-electron chi connectivity index (χ0n) is 6.92. The largest absolute Gasteiger partial charge is 0.0475 e. The molecular weight excluding hydrogens is 151 g/mol. The monoisotopic (exact) mass is 166 g/mol. The summed E-state index contributed by atoms with van der Waals surface area (Å²) in [5.74, 6) is 3.20. The summed E-state index contributed by atoms with van der Waals surface area (Å²) in [6.45, 7) is 0. The zero-order chi connectivity index (χ0) is 7.47. The first-order valence-corrected chi connectivity index (χ1v) is 5.41. The van der Waals surface area contributed by atoms with Crippen molar-refractivity contribution >= 4 is 9.24 Å². The van der Waals surface area contributed by atoms with Crippen LogP contribution in [0.2, 0.25) is 0 Å². The Balaban J connectivity index is 1.94. The minimum atomic E-state index is 0.495. The van der Waals surface area contributed by atoms with Crippen LogP contribution in [-0.4, -0.2) is 5.16 Å². The van der Waals surface area contributed by atoms with Gasteiger partial charge in [-0.1, -0.05) is 0 Å². The number of rotatable bonds is 0. The van der Waals surface area contributed by atoms with Crippen LogP contribution in [-0.2, 0) is 0 Å². The normalized spacial score (nSPS) is 60.3. The van der Waals surface area contributed by atoms with Crippen LogP contribution < -0.4 is 0 Å². The van der Waals surface area contributed by atoms with Gasteiger partial charge in [-0.2, -0.15) is 0 Å². The van der Waals surface area contributed by atoms with E-state index in [1.807, 2.05) is 0 Å². The highest BCUT2D eigenvalue weighted by Crippen LogP contribution is 2.59.